The van der Waals surface area contributed by atoms with Crippen LogP contribution in [0.4, 0.5) is 71.5 Å². The molecule has 6 N–H and O–H groups in total. The maximum atomic E-state index is 15.2. The van der Waals surface area contributed by atoms with Crippen molar-refractivity contribution in [2.45, 2.75) is 76.8 Å². The molecule has 4 amide bonds. The normalized spacial score (nSPS) is 16.9. The minimum atomic E-state index is -4.69. The number of para-hydroxylation sites is 2. The van der Waals surface area contributed by atoms with Crippen LogP contribution in [-0.2, 0) is 23.4 Å². The third-order valence-electron chi connectivity index (χ3n) is 16.6. The number of alkyl halides is 3. The van der Waals surface area contributed by atoms with E-state index in [1.165, 1.54) is 12.1 Å². The molecule has 0 aliphatic carbocycles. The Morgan fingerprint density at radius 3 is 1.87 bits per heavy atom. The summed E-state index contributed by atoms with van der Waals surface area (Å²) in [5.41, 5.74) is 2.81. The van der Waals surface area contributed by atoms with E-state index in [0.717, 1.165) is 52.5 Å². The largest absolute Gasteiger partial charge is 0.506 e. The van der Waals surface area contributed by atoms with Crippen LogP contribution < -0.4 is 31.1 Å². The van der Waals surface area contributed by atoms with E-state index in [1.807, 2.05) is 35.2 Å². The van der Waals surface area contributed by atoms with Crippen molar-refractivity contribution in [3.63, 3.8) is 0 Å². The van der Waals surface area contributed by atoms with E-state index < -0.39 is 40.6 Å². The first-order valence-electron chi connectivity index (χ1n) is 27.7. The molecule has 0 atom stereocenters. The number of carbonyl (C=O) groups excluding carboxylic acids is 2. The minimum absolute atomic E-state index is 0.0544. The number of aromatic hydroxyl groups is 2. The number of carbonyl (C=O) groups is 2. The molecule has 2 fully saturated rings. The van der Waals surface area contributed by atoms with Gasteiger partial charge in [-0.15, -0.1) is 0 Å². The second-order valence-corrected chi connectivity index (χ2v) is 26.4. The molecule has 0 bridgehead atoms. The van der Waals surface area contributed by atoms with Crippen LogP contribution >= 0.6 is 45.9 Å². The first kappa shape index (κ1) is 57.4. The van der Waals surface area contributed by atoms with Gasteiger partial charge >= 0.3 is 18.2 Å². The number of nitrogens with one attached hydrogen (secondary N) is 4. The lowest BCUT2D eigenvalue weighted by Gasteiger charge is -2.43. The average molecular weight is 1220 g/mol. The first-order chi connectivity index (χ1) is 40.0. The number of phenolic OH excluding ortho intramolecular Hbond substituents is 2. The zero-order valence-electron chi connectivity index (χ0n) is 46.3. The Morgan fingerprint density at radius 2 is 1.23 bits per heavy atom. The third-order valence-corrected chi connectivity index (χ3v) is 18.9. The molecule has 4 aromatic carbocycles. The summed E-state index contributed by atoms with van der Waals surface area (Å²) in [5.74, 6) is -0.493. The van der Waals surface area contributed by atoms with E-state index in [-0.39, 0.29) is 50.1 Å². The number of amides is 4. The van der Waals surface area contributed by atoms with E-state index >= 15 is 13.2 Å². The number of likely N-dealkylation sites (tertiary alicyclic amines) is 2. The number of anilines is 8. The van der Waals surface area contributed by atoms with Crippen molar-refractivity contribution >= 4 is 123 Å². The van der Waals surface area contributed by atoms with Gasteiger partial charge in [0, 0.05) is 47.6 Å². The Labute approximate surface area is 499 Å². The van der Waals surface area contributed by atoms with Crippen LogP contribution in [0.15, 0.2) is 91.0 Å². The Hall–Kier alpha value is -7.08. The smallest absolute Gasteiger partial charge is 0.416 e. The zero-order chi connectivity index (χ0) is 59.0. The predicted octanol–water partition coefficient (Wildman–Crippen LogP) is 14.8. The number of fused-ring (bicyclic) bond motifs is 6. The maximum Gasteiger partial charge on any atom is 0.416 e. The van der Waals surface area contributed by atoms with E-state index in [4.69, 9.17) is 23.2 Å². The zero-order valence-corrected chi connectivity index (χ0v) is 49.4. The van der Waals surface area contributed by atoms with Crippen LogP contribution in [0.1, 0.15) is 75.6 Å². The molecule has 12 rings (SSSR count). The van der Waals surface area contributed by atoms with Crippen LogP contribution in [0.5, 0.6) is 11.5 Å². The summed E-state index contributed by atoms with van der Waals surface area (Å²) in [5, 5.41) is 36.2. The second kappa shape index (κ2) is 22.1. The molecular weight excluding hydrogens is 1160 g/mol. The number of phenols is 2. The highest BCUT2D eigenvalue weighted by atomic mass is 35.5. The van der Waals surface area contributed by atoms with Gasteiger partial charge in [-0.05, 0) is 154 Å². The van der Waals surface area contributed by atoms with E-state index in [9.17, 15) is 24.2 Å². The molecule has 0 unspecified atom stereocenters. The Kier molecular flexibility index (Phi) is 15.1. The van der Waals surface area contributed by atoms with Crippen LogP contribution in [0.25, 0.3) is 20.7 Å². The Balaban J connectivity index is 0.794. The van der Waals surface area contributed by atoms with Gasteiger partial charge in [0.2, 0.25) is 5.95 Å². The van der Waals surface area contributed by atoms with Gasteiger partial charge in [-0.3, -0.25) is 10.6 Å². The van der Waals surface area contributed by atoms with Crippen molar-refractivity contribution in [3.05, 3.63) is 129 Å². The number of hydrogen-bond acceptors (Lipinski definition) is 14. The Morgan fingerprint density at radius 1 is 0.667 bits per heavy atom. The molecule has 4 aliphatic heterocycles. The standard InChI is InChI=1S/C60H60Cl2F4N12O4S2/c1-33(2)29-75-23-19-58(20-24-75)31-78(49-43(79)15-10-35(47(49)58)60(64,65)66)42-14-9-34(27-40(42)68-54(82)74-55-69-38-12-17-45(62)71-51(38)83-55)28-57(3,4)30-76-25-21-59(22-26-76)32-77(50-44(80)16-11-36(61)48(50)59)41-8-6-5-7-37(41)67-53(81)73-56-70-39-13-18-46(63)72-52(39)84-56/h5-18,27,33,79-80H,19-26,28-32H2,1-4H3,(H2,67,70,73,81)(H2,68,69,74,82). The molecule has 2 spiro atoms. The van der Waals surface area contributed by atoms with Gasteiger partial charge < -0.3 is 40.4 Å². The molecule has 16 nitrogen and oxygen atoms in total. The summed E-state index contributed by atoms with van der Waals surface area (Å²) in [6.07, 6.45) is -1.85. The van der Waals surface area contributed by atoms with E-state index in [2.05, 4.69) is 78.7 Å². The number of rotatable bonds is 12. The molecule has 8 heterocycles. The molecule has 2 saturated heterocycles. The molecule has 4 aromatic heterocycles. The lowest BCUT2D eigenvalue weighted by molar-refractivity contribution is -0.138. The van der Waals surface area contributed by atoms with Gasteiger partial charge in [0.25, 0.3) is 0 Å². The van der Waals surface area contributed by atoms with Gasteiger partial charge in [-0.25, -0.2) is 29.5 Å². The number of pyridine rings is 2. The summed E-state index contributed by atoms with van der Waals surface area (Å²) in [7, 11) is 0. The number of hydrogen-bond donors (Lipinski definition) is 6. The highest BCUT2D eigenvalue weighted by Crippen LogP contribution is 2.59. The van der Waals surface area contributed by atoms with Gasteiger partial charge in [-0.2, -0.15) is 17.6 Å². The van der Waals surface area contributed by atoms with Crippen LogP contribution in [0.3, 0.4) is 0 Å². The molecule has 0 radical (unpaired) electrons. The fourth-order valence-electron chi connectivity index (χ4n) is 13.2. The third kappa shape index (κ3) is 11.2. The Bertz CT molecular complexity index is 3880. The first-order valence-corrected chi connectivity index (χ1v) is 30.1. The van der Waals surface area contributed by atoms with Gasteiger partial charge in [-0.1, -0.05) is 91.8 Å². The molecular formula is C60H60Cl2F4N12O4S2. The number of thiazole rings is 2. The number of urea groups is 2. The molecule has 438 valence electrons. The number of nitrogens with zero attached hydrogens (tertiary/aromatic N) is 8. The van der Waals surface area contributed by atoms with Crippen molar-refractivity contribution in [2.75, 3.05) is 83.4 Å². The van der Waals surface area contributed by atoms with Crippen molar-refractivity contribution < 1.29 is 37.4 Å². The highest BCUT2D eigenvalue weighted by molar-refractivity contribution is 7.22. The van der Waals surface area contributed by atoms with E-state index in [1.54, 1.807) is 41.3 Å². The average Bonchev–Trinajstić information content (AvgIpc) is 1.87. The monoisotopic (exact) mass is 1220 g/mol. The SMILES string of the molecule is CC(C)CN1CCC2(CC1)CN(c1ccc(CC(C)(C)CN3CCC4(CC3)CN(c3ccccc3NC(=O)Nc3nc5ccc(F)nc5s3)c3c(O)ccc(Cl)c34)cc1NC(=O)Nc1nc3ccc(Cl)nc3s1)c1c(O)ccc(C(F)(F)F)c12. The van der Waals surface area contributed by atoms with Gasteiger partial charge in [0.15, 0.2) is 10.3 Å². The van der Waals surface area contributed by atoms with Crippen molar-refractivity contribution in [1.29, 1.82) is 0 Å². The number of piperidine rings is 2. The van der Waals surface area contributed by atoms with Gasteiger partial charge in [0.1, 0.15) is 37.3 Å². The predicted molar refractivity (Wildman–Crippen MR) is 325 cm³/mol. The lowest BCUT2D eigenvalue weighted by Crippen LogP contribution is -2.47. The molecule has 24 heteroatoms. The summed E-state index contributed by atoms with van der Waals surface area (Å²) >= 11 is 15.5. The van der Waals surface area contributed by atoms with Crippen LogP contribution in [0, 0.1) is 17.3 Å². The summed E-state index contributed by atoms with van der Waals surface area (Å²) in [6.45, 7) is 13.3. The number of aromatic nitrogens is 4. The summed E-state index contributed by atoms with van der Waals surface area (Å²) in [4.78, 5) is 54.1. The van der Waals surface area contributed by atoms with Crippen molar-refractivity contribution in [1.82, 2.24) is 29.7 Å². The maximum absolute atomic E-state index is 15.2. The number of halogens is 6. The van der Waals surface area contributed by atoms with Crippen molar-refractivity contribution in [2.24, 2.45) is 11.3 Å². The fraction of sp³-hybridized carbons (Fsp3) is 0.367. The van der Waals surface area contributed by atoms with Crippen LogP contribution in [-0.4, -0.2) is 104 Å². The van der Waals surface area contributed by atoms with Crippen molar-refractivity contribution in [3.8, 4) is 11.5 Å². The quantitative estimate of drug-likeness (QED) is 0.0503. The minimum Gasteiger partial charge on any atom is -0.506 e. The fourth-order valence-corrected chi connectivity index (χ4v) is 15.4. The highest BCUT2D eigenvalue weighted by Gasteiger charge is 2.53. The molecule has 4 aliphatic rings. The molecule has 84 heavy (non-hydrogen) atoms. The summed E-state index contributed by atoms with van der Waals surface area (Å²) in [6, 6.07) is 23.2. The summed E-state index contributed by atoms with van der Waals surface area (Å²) < 4.78 is 59.3. The van der Waals surface area contributed by atoms with Gasteiger partial charge in [0.05, 0.1) is 39.7 Å². The lowest BCUT2D eigenvalue weighted by atomic mass is 9.72. The second-order valence-electron chi connectivity index (χ2n) is 23.7. The molecule has 0 saturated carbocycles. The number of benzene rings is 4. The van der Waals surface area contributed by atoms with E-state index in [0.29, 0.717) is 131 Å². The molecule has 8 aromatic rings. The topological polar surface area (TPSA) is 187 Å². The van der Waals surface area contributed by atoms with Crippen LogP contribution in [0.2, 0.25) is 10.2 Å².